The smallest absolute Gasteiger partial charge is 0.414 e. The monoisotopic (exact) mass is 393 g/mol. The molecule has 0 heterocycles. The van der Waals surface area contributed by atoms with Crippen molar-refractivity contribution in [2.45, 2.75) is 11.3 Å². The number of aliphatic carboxylic acids is 2. The van der Waals surface area contributed by atoms with Crippen LogP contribution in [0.4, 0.5) is 0 Å². The van der Waals surface area contributed by atoms with Crippen LogP contribution in [0.1, 0.15) is 6.42 Å². The molecule has 0 aliphatic carbocycles. The van der Waals surface area contributed by atoms with E-state index in [1.807, 2.05) is 24.3 Å². The van der Waals surface area contributed by atoms with Gasteiger partial charge in [0, 0.05) is 35.9 Å². The van der Waals surface area contributed by atoms with Gasteiger partial charge >= 0.3 is 11.9 Å². The SMILES string of the molecule is COCCCNCCOCCSc1ccc(Cl)cc1.O=C(O)C(=O)O. The highest BCUT2D eigenvalue weighted by molar-refractivity contribution is 7.99. The number of ether oxygens (including phenoxy) is 2. The fourth-order valence-electron chi connectivity index (χ4n) is 1.46. The molecule has 0 aliphatic heterocycles. The summed E-state index contributed by atoms with van der Waals surface area (Å²) in [7, 11) is 1.72. The van der Waals surface area contributed by atoms with Crippen LogP contribution in [-0.4, -0.2) is 67.9 Å². The van der Waals surface area contributed by atoms with Gasteiger partial charge in [0.15, 0.2) is 0 Å². The number of carboxylic acid groups (broad SMARTS) is 2. The summed E-state index contributed by atoms with van der Waals surface area (Å²) in [6.45, 7) is 4.22. The Kier molecular flexibility index (Phi) is 15.3. The Morgan fingerprint density at radius 2 is 1.72 bits per heavy atom. The molecule has 0 amide bonds. The fraction of sp³-hybridized carbons (Fsp3) is 0.500. The normalized spacial score (nSPS) is 10.0. The lowest BCUT2D eigenvalue weighted by Crippen LogP contribution is -2.22. The van der Waals surface area contributed by atoms with E-state index in [0.29, 0.717) is 0 Å². The second-order valence-electron chi connectivity index (χ2n) is 4.62. The molecule has 9 heteroatoms. The van der Waals surface area contributed by atoms with Crippen LogP contribution in [0.5, 0.6) is 0 Å². The van der Waals surface area contributed by atoms with Gasteiger partial charge in [-0.1, -0.05) is 11.6 Å². The molecule has 1 rings (SSSR count). The minimum Gasteiger partial charge on any atom is -0.473 e. The van der Waals surface area contributed by atoms with Crippen LogP contribution in [0.15, 0.2) is 29.2 Å². The molecule has 0 fully saturated rings. The van der Waals surface area contributed by atoms with E-state index in [-0.39, 0.29) is 0 Å². The van der Waals surface area contributed by atoms with Crippen molar-refractivity contribution < 1.29 is 29.3 Å². The van der Waals surface area contributed by atoms with Crippen LogP contribution >= 0.6 is 23.4 Å². The Morgan fingerprint density at radius 3 is 2.28 bits per heavy atom. The maximum Gasteiger partial charge on any atom is 0.414 e. The van der Waals surface area contributed by atoms with Crippen molar-refractivity contribution in [1.29, 1.82) is 0 Å². The Labute approximate surface area is 156 Å². The maximum atomic E-state index is 9.10. The number of benzene rings is 1. The summed E-state index contributed by atoms with van der Waals surface area (Å²) < 4.78 is 10.5. The third-order valence-electron chi connectivity index (χ3n) is 2.62. The first kappa shape index (κ1) is 23.7. The van der Waals surface area contributed by atoms with Crippen molar-refractivity contribution in [2.24, 2.45) is 0 Å². The quantitative estimate of drug-likeness (QED) is 0.298. The standard InChI is InChI=1S/C14H22ClNO2S.C2H2O4/c1-17-9-2-7-16-8-10-18-11-12-19-14-5-3-13(15)4-6-14;3-1(4)2(5)6/h3-6,16H,2,7-12H2,1H3;(H,3,4)(H,5,6). The van der Waals surface area contributed by atoms with E-state index >= 15 is 0 Å². The summed E-state index contributed by atoms with van der Waals surface area (Å²) in [6, 6.07) is 7.89. The summed E-state index contributed by atoms with van der Waals surface area (Å²) in [6.07, 6.45) is 1.04. The molecular weight excluding hydrogens is 370 g/mol. The van der Waals surface area contributed by atoms with E-state index in [1.165, 1.54) is 4.90 Å². The lowest BCUT2D eigenvalue weighted by atomic mass is 10.4. The summed E-state index contributed by atoms with van der Waals surface area (Å²) >= 11 is 7.61. The molecule has 3 N–H and O–H groups in total. The first-order valence-corrected chi connectivity index (χ1v) is 8.95. The number of hydrogen-bond acceptors (Lipinski definition) is 6. The lowest BCUT2D eigenvalue weighted by molar-refractivity contribution is -0.159. The molecule has 1 aromatic rings. The van der Waals surface area contributed by atoms with Gasteiger partial charge in [-0.3, -0.25) is 0 Å². The van der Waals surface area contributed by atoms with Crippen molar-refractivity contribution in [3.05, 3.63) is 29.3 Å². The Hall–Kier alpha value is -1.32. The van der Waals surface area contributed by atoms with Crippen LogP contribution in [0.25, 0.3) is 0 Å². The Balaban J connectivity index is 0.000000823. The highest BCUT2D eigenvalue weighted by Gasteiger charge is 2.04. The molecule has 1 aromatic carbocycles. The molecule has 7 nitrogen and oxygen atoms in total. The number of nitrogens with one attached hydrogen (secondary N) is 1. The highest BCUT2D eigenvalue weighted by Crippen LogP contribution is 2.19. The largest absolute Gasteiger partial charge is 0.473 e. The number of methoxy groups -OCH3 is 1. The molecule has 0 atom stereocenters. The van der Waals surface area contributed by atoms with E-state index in [2.05, 4.69) is 5.32 Å². The van der Waals surface area contributed by atoms with E-state index in [4.69, 9.17) is 40.9 Å². The summed E-state index contributed by atoms with van der Waals surface area (Å²) in [5.74, 6) is -2.68. The van der Waals surface area contributed by atoms with Crippen LogP contribution in [0, 0.1) is 0 Å². The van der Waals surface area contributed by atoms with Gasteiger partial charge < -0.3 is 25.0 Å². The third kappa shape index (κ3) is 15.9. The van der Waals surface area contributed by atoms with Gasteiger partial charge in [-0.25, -0.2) is 9.59 Å². The first-order chi connectivity index (χ1) is 12.0. The number of thioether (sulfide) groups is 1. The maximum absolute atomic E-state index is 9.10. The van der Waals surface area contributed by atoms with Gasteiger partial charge in [0.05, 0.1) is 13.2 Å². The van der Waals surface area contributed by atoms with Gasteiger partial charge in [0.25, 0.3) is 0 Å². The average Bonchev–Trinajstić information content (AvgIpc) is 2.58. The average molecular weight is 394 g/mol. The molecule has 25 heavy (non-hydrogen) atoms. The molecule has 0 aliphatic rings. The van der Waals surface area contributed by atoms with Gasteiger partial charge in [-0.2, -0.15) is 0 Å². The third-order valence-corrected chi connectivity index (χ3v) is 3.85. The minimum absolute atomic E-state index is 0.758. The number of carbonyl (C=O) groups is 2. The summed E-state index contributed by atoms with van der Waals surface area (Å²) in [5, 5.41) is 18.9. The topological polar surface area (TPSA) is 105 Å². The van der Waals surface area contributed by atoms with Crippen LogP contribution < -0.4 is 5.32 Å². The van der Waals surface area contributed by atoms with Gasteiger partial charge in [-0.05, 0) is 37.2 Å². The van der Waals surface area contributed by atoms with Gasteiger partial charge in [-0.15, -0.1) is 11.8 Å². The van der Waals surface area contributed by atoms with E-state index in [9.17, 15) is 0 Å². The summed E-state index contributed by atoms with van der Waals surface area (Å²) in [5.41, 5.74) is 0. The Bertz CT molecular complexity index is 474. The van der Waals surface area contributed by atoms with Crippen LogP contribution in [-0.2, 0) is 19.1 Å². The number of halogens is 1. The molecular formula is C16H24ClNO6S. The molecule has 0 bridgehead atoms. The zero-order valence-corrected chi connectivity index (χ0v) is 15.6. The fourth-order valence-corrected chi connectivity index (χ4v) is 2.35. The van der Waals surface area contributed by atoms with Crippen molar-refractivity contribution in [1.82, 2.24) is 5.32 Å². The van der Waals surface area contributed by atoms with E-state index in [1.54, 1.807) is 18.9 Å². The zero-order valence-electron chi connectivity index (χ0n) is 14.1. The molecule has 0 saturated carbocycles. The molecule has 0 unspecified atom stereocenters. The molecule has 0 saturated heterocycles. The van der Waals surface area contributed by atoms with Gasteiger partial charge in [0.1, 0.15) is 0 Å². The predicted octanol–water partition coefficient (Wildman–Crippen LogP) is 2.23. The number of rotatable bonds is 11. The van der Waals surface area contributed by atoms with Gasteiger partial charge in [0.2, 0.25) is 0 Å². The van der Waals surface area contributed by atoms with Crippen molar-refractivity contribution >= 4 is 35.3 Å². The van der Waals surface area contributed by atoms with Crippen LogP contribution in [0.2, 0.25) is 5.02 Å². The van der Waals surface area contributed by atoms with E-state index in [0.717, 1.165) is 50.1 Å². The number of hydrogen-bond donors (Lipinski definition) is 3. The lowest BCUT2D eigenvalue weighted by Gasteiger charge is -2.06. The van der Waals surface area contributed by atoms with E-state index < -0.39 is 11.9 Å². The van der Waals surface area contributed by atoms with Crippen molar-refractivity contribution in [2.75, 3.05) is 45.8 Å². The molecule has 0 radical (unpaired) electrons. The number of carboxylic acids is 2. The Morgan fingerprint density at radius 1 is 1.08 bits per heavy atom. The van der Waals surface area contributed by atoms with Crippen molar-refractivity contribution in [3.8, 4) is 0 Å². The molecule has 0 aromatic heterocycles. The predicted molar refractivity (Wildman–Crippen MR) is 97.6 cm³/mol. The second-order valence-corrected chi connectivity index (χ2v) is 6.23. The minimum atomic E-state index is -1.82. The molecule has 142 valence electrons. The summed E-state index contributed by atoms with van der Waals surface area (Å²) in [4.78, 5) is 19.4. The van der Waals surface area contributed by atoms with Crippen molar-refractivity contribution in [3.63, 3.8) is 0 Å². The first-order valence-electron chi connectivity index (χ1n) is 7.59. The molecule has 0 spiro atoms. The second kappa shape index (κ2) is 16.2. The highest BCUT2D eigenvalue weighted by atomic mass is 35.5. The van der Waals surface area contributed by atoms with Crippen LogP contribution in [0.3, 0.4) is 0 Å². The zero-order chi connectivity index (χ0) is 18.9.